The number of nitrogens with two attached hydrogens (primary N) is 1. The van der Waals surface area contributed by atoms with Gasteiger partial charge in [0, 0.05) is 29.9 Å². The molecule has 6 heteroatoms. The number of hydrogen-bond donors (Lipinski definition) is 2. The fraction of sp³-hybridized carbons (Fsp3) is 0.556. The minimum atomic E-state index is -0.414. The Bertz CT molecular complexity index is 611. The summed E-state index contributed by atoms with van der Waals surface area (Å²) in [6.07, 6.45) is 1.66. The van der Waals surface area contributed by atoms with Crippen LogP contribution in [-0.2, 0) is 9.59 Å². The number of amides is 2. The summed E-state index contributed by atoms with van der Waals surface area (Å²) in [5.41, 5.74) is 7.72. The second-order valence-electron chi connectivity index (χ2n) is 7.40. The van der Waals surface area contributed by atoms with Crippen LogP contribution in [0.5, 0.6) is 0 Å². The molecule has 0 spiro atoms. The molecule has 0 radical (unpaired) electrons. The zero-order chi connectivity index (χ0) is 17.2. The van der Waals surface area contributed by atoms with Gasteiger partial charge in [-0.3, -0.25) is 9.59 Å². The van der Waals surface area contributed by atoms with Crippen molar-refractivity contribution in [3.8, 4) is 0 Å². The topological polar surface area (TPSA) is 75.4 Å². The molecule has 2 rings (SSSR count). The average molecular weight is 354 g/mol. The number of rotatable bonds is 2. The van der Waals surface area contributed by atoms with E-state index in [1.54, 1.807) is 6.07 Å². The molecule has 1 unspecified atom stereocenters. The Kier molecular flexibility index (Phi) is 6.67. The molecule has 1 aliphatic rings. The standard InChI is InChI=1S/C18H27N3O2.ClH/c1-12-7-8-14(19)10-15(12)20-16(22)13-6-5-9-21(11-13)17(23)18(2,3)4;/h7-8,10,13H,5-6,9,11,19H2,1-4H3,(H,20,22);1H. The molecule has 3 N–H and O–H groups in total. The molecule has 1 aromatic carbocycles. The van der Waals surface area contributed by atoms with Gasteiger partial charge in [-0.05, 0) is 37.5 Å². The Balaban J connectivity index is 0.00000288. The van der Waals surface area contributed by atoms with Gasteiger partial charge in [-0.1, -0.05) is 26.8 Å². The number of halogens is 1. The van der Waals surface area contributed by atoms with E-state index in [2.05, 4.69) is 5.32 Å². The van der Waals surface area contributed by atoms with E-state index < -0.39 is 5.41 Å². The quantitative estimate of drug-likeness (QED) is 0.801. The van der Waals surface area contributed by atoms with Crippen LogP contribution in [-0.4, -0.2) is 29.8 Å². The number of nitrogens with one attached hydrogen (secondary N) is 1. The maximum absolute atomic E-state index is 12.6. The largest absolute Gasteiger partial charge is 0.399 e. The van der Waals surface area contributed by atoms with Crippen molar-refractivity contribution in [2.45, 2.75) is 40.5 Å². The third-order valence-electron chi connectivity index (χ3n) is 4.24. The van der Waals surface area contributed by atoms with E-state index in [1.165, 1.54) is 0 Å². The molecule has 1 saturated heterocycles. The number of benzene rings is 1. The molecule has 0 aliphatic carbocycles. The maximum atomic E-state index is 12.6. The van der Waals surface area contributed by atoms with Gasteiger partial charge in [0.15, 0.2) is 0 Å². The fourth-order valence-electron chi connectivity index (χ4n) is 2.86. The SMILES string of the molecule is Cc1ccc(N)cc1NC(=O)C1CCCN(C(=O)C(C)(C)C)C1.Cl. The van der Waals surface area contributed by atoms with Crippen molar-refractivity contribution in [3.05, 3.63) is 23.8 Å². The lowest BCUT2D eigenvalue weighted by atomic mass is 9.91. The lowest BCUT2D eigenvalue weighted by Gasteiger charge is -2.36. The summed E-state index contributed by atoms with van der Waals surface area (Å²) < 4.78 is 0. The van der Waals surface area contributed by atoms with Crippen molar-refractivity contribution < 1.29 is 9.59 Å². The molecule has 1 aromatic rings. The second-order valence-corrected chi connectivity index (χ2v) is 7.40. The second kappa shape index (κ2) is 7.88. The number of likely N-dealkylation sites (tertiary alicyclic amines) is 1. The van der Waals surface area contributed by atoms with Crippen LogP contribution in [0, 0.1) is 18.3 Å². The van der Waals surface area contributed by atoms with Crippen LogP contribution in [0.1, 0.15) is 39.2 Å². The first-order valence-corrected chi connectivity index (χ1v) is 8.15. The summed E-state index contributed by atoms with van der Waals surface area (Å²) >= 11 is 0. The van der Waals surface area contributed by atoms with Crippen molar-refractivity contribution in [1.29, 1.82) is 0 Å². The van der Waals surface area contributed by atoms with Crippen molar-refractivity contribution in [3.63, 3.8) is 0 Å². The average Bonchev–Trinajstić information content (AvgIpc) is 2.49. The molecular formula is C18H28ClN3O2. The molecular weight excluding hydrogens is 326 g/mol. The van der Waals surface area contributed by atoms with E-state index in [0.717, 1.165) is 30.6 Å². The molecule has 134 valence electrons. The lowest BCUT2D eigenvalue weighted by molar-refractivity contribution is -0.142. The number of nitrogens with zero attached hydrogens (tertiary/aromatic N) is 1. The zero-order valence-corrected chi connectivity index (χ0v) is 15.7. The Morgan fingerprint density at radius 2 is 1.96 bits per heavy atom. The van der Waals surface area contributed by atoms with Crippen molar-refractivity contribution in [2.75, 3.05) is 24.1 Å². The zero-order valence-electron chi connectivity index (χ0n) is 14.9. The molecule has 2 amide bonds. The molecule has 0 saturated carbocycles. The minimum absolute atomic E-state index is 0. The maximum Gasteiger partial charge on any atom is 0.229 e. The summed E-state index contributed by atoms with van der Waals surface area (Å²) in [5, 5.41) is 2.96. The van der Waals surface area contributed by atoms with Crippen LogP contribution in [0.4, 0.5) is 11.4 Å². The molecule has 0 aromatic heterocycles. The molecule has 1 atom stereocenters. The Morgan fingerprint density at radius 1 is 1.29 bits per heavy atom. The van der Waals surface area contributed by atoms with Gasteiger partial charge in [0.05, 0.1) is 5.92 Å². The van der Waals surface area contributed by atoms with Crippen molar-refractivity contribution in [1.82, 2.24) is 4.90 Å². The molecule has 5 nitrogen and oxygen atoms in total. The summed E-state index contributed by atoms with van der Waals surface area (Å²) in [6.45, 7) is 8.89. The third kappa shape index (κ3) is 4.87. The number of aryl methyl sites for hydroxylation is 1. The fourth-order valence-corrected chi connectivity index (χ4v) is 2.86. The first kappa shape index (κ1) is 20.3. The summed E-state index contributed by atoms with van der Waals surface area (Å²) in [6, 6.07) is 5.48. The van der Waals surface area contributed by atoms with E-state index in [0.29, 0.717) is 12.2 Å². The van der Waals surface area contributed by atoms with E-state index in [-0.39, 0.29) is 30.1 Å². The molecule has 1 fully saturated rings. The number of nitrogen functional groups attached to an aromatic ring is 1. The van der Waals surface area contributed by atoms with Gasteiger partial charge in [-0.15, -0.1) is 12.4 Å². The molecule has 1 heterocycles. The molecule has 24 heavy (non-hydrogen) atoms. The summed E-state index contributed by atoms with van der Waals surface area (Å²) in [4.78, 5) is 26.8. The smallest absolute Gasteiger partial charge is 0.229 e. The number of piperidine rings is 1. The van der Waals surface area contributed by atoms with Crippen molar-refractivity contribution >= 4 is 35.6 Å². The number of hydrogen-bond acceptors (Lipinski definition) is 3. The monoisotopic (exact) mass is 353 g/mol. The van der Waals surface area contributed by atoms with Gasteiger partial charge >= 0.3 is 0 Å². The van der Waals surface area contributed by atoms with Crippen LogP contribution < -0.4 is 11.1 Å². The summed E-state index contributed by atoms with van der Waals surface area (Å²) in [7, 11) is 0. The van der Waals surface area contributed by atoms with Gasteiger partial charge in [0.1, 0.15) is 0 Å². The van der Waals surface area contributed by atoms with E-state index in [4.69, 9.17) is 5.73 Å². The Morgan fingerprint density at radius 3 is 2.58 bits per heavy atom. The highest BCUT2D eigenvalue weighted by atomic mass is 35.5. The normalized spacial score (nSPS) is 17.8. The van der Waals surface area contributed by atoms with Crippen LogP contribution >= 0.6 is 12.4 Å². The van der Waals surface area contributed by atoms with Crippen LogP contribution in [0.25, 0.3) is 0 Å². The van der Waals surface area contributed by atoms with Crippen LogP contribution in [0.15, 0.2) is 18.2 Å². The van der Waals surface area contributed by atoms with Gasteiger partial charge < -0.3 is 16.0 Å². The first-order valence-electron chi connectivity index (χ1n) is 8.15. The minimum Gasteiger partial charge on any atom is -0.399 e. The number of anilines is 2. The number of carbonyl (C=O) groups is 2. The van der Waals surface area contributed by atoms with Crippen molar-refractivity contribution in [2.24, 2.45) is 11.3 Å². The van der Waals surface area contributed by atoms with Crippen LogP contribution in [0.3, 0.4) is 0 Å². The van der Waals surface area contributed by atoms with E-state index in [9.17, 15) is 9.59 Å². The molecule has 1 aliphatic heterocycles. The first-order chi connectivity index (χ1) is 10.7. The highest BCUT2D eigenvalue weighted by molar-refractivity contribution is 5.94. The van der Waals surface area contributed by atoms with Gasteiger partial charge in [0.25, 0.3) is 0 Å². The predicted octanol–water partition coefficient (Wildman–Crippen LogP) is 3.22. The highest BCUT2D eigenvalue weighted by Gasteiger charge is 2.33. The van der Waals surface area contributed by atoms with Crippen LogP contribution in [0.2, 0.25) is 0 Å². The number of carbonyl (C=O) groups excluding carboxylic acids is 2. The predicted molar refractivity (Wildman–Crippen MR) is 100 cm³/mol. The Labute approximate surface area is 150 Å². The van der Waals surface area contributed by atoms with Gasteiger partial charge in [-0.25, -0.2) is 0 Å². The van der Waals surface area contributed by atoms with Gasteiger partial charge in [0.2, 0.25) is 11.8 Å². The molecule has 0 bridgehead atoms. The highest BCUT2D eigenvalue weighted by Crippen LogP contribution is 2.25. The summed E-state index contributed by atoms with van der Waals surface area (Å²) in [5.74, 6) is -0.101. The Hall–Kier alpha value is -1.75. The van der Waals surface area contributed by atoms with E-state index >= 15 is 0 Å². The third-order valence-corrected chi connectivity index (χ3v) is 4.24. The van der Waals surface area contributed by atoms with E-state index in [1.807, 2.05) is 44.7 Å². The van der Waals surface area contributed by atoms with Gasteiger partial charge in [-0.2, -0.15) is 0 Å². The lowest BCUT2D eigenvalue weighted by Crippen LogP contribution is -2.47.